The summed E-state index contributed by atoms with van der Waals surface area (Å²) >= 11 is 0. The van der Waals surface area contributed by atoms with Gasteiger partial charge in [0.1, 0.15) is 84.0 Å². The standard InChI is InChI=1S/C30H26NO.2C28H22NO.C27H20NO.C22H17N2O/c1-18(2)20-13-14-23-21(17-20)15-16-31(4)29(23)27-19(3)22-9-5-6-10-24(22)28-25-11-7-8-12-26(25)32-30(27)28;1-17-16-24(29(3)23-14-8-6-10-19(17)23)26-18(2)20-11-4-5-12-21(20)27-22-13-7-9-15-25(22)30-28(26)27;1-17-9-8-13-23-19(17)15-16-24(29(23)3)26-18(2)20-10-4-5-11-21(20)27-22-12-6-7-14-25(22)30-28(26)27;1-17-20-11-5-6-12-21(20)26-22-13-7-8-14-24(22)29-27(26)25(17)23-15-18-9-3-4-10-19(18)16-28(23)2;1-14-15-8-3-4-9-16(15)21-17-10-5-6-12-19(17)25-22(21)20(14)18-11-7-13-23-24(18)2/h5-18H,1-4H3;2*4-16H,1-3H3;3-16H,1-2H3;3-13H,1-2H3/q5*+1/i1D3,18D;;;;. The summed E-state index contributed by atoms with van der Waals surface area (Å²) < 4.78 is 75.4. The van der Waals surface area contributed by atoms with Crippen LogP contribution in [-0.2, 0) is 35.2 Å². The number of rotatable bonds is 6. The van der Waals surface area contributed by atoms with Crippen LogP contribution in [-0.4, -0.2) is 5.10 Å². The molecule has 146 heavy (non-hydrogen) atoms. The SMILES string of the molecule is Cc1c(-c2cc(C)c3ccccc3[n+]2C)c2oc3ccccc3c2c2ccccc12.Cc1c(-c2cc3ccccc3c[n+]2C)c2oc3ccccc3c2c2ccccc12.Cc1c(-c2ccc3c(C)cccc3[n+]2C)c2oc3ccccc3c2c2ccccc12.Cc1c(-c2cccn[n+]2C)c2oc3ccccc3c2c2ccccc12.[2H]C([2H])([2H])C([2H])(C)c1ccc2c(-c3c(C)c4ccccc4c4c3oc3ccccc34)[n+](C)ccc2c1. The van der Waals surface area contributed by atoms with Gasteiger partial charge in [-0.2, -0.15) is 9.13 Å². The first kappa shape index (κ1) is 85.0. The van der Waals surface area contributed by atoms with Crippen LogP contribution in [0.5, 0.6) is 0 Å². The van der Waals surface area contributed by atoms with E-state index in [4.69, 9.17) is 27.6 Å². The van der Waals surface area contributed by atoms with Gasteiger partial charge in [-0.3, -0.25) is 0 Å². The Morgan fingerprint density at radius 3 is 1.04 bits per heavy atom. The summed E-state index contributed by atoms with van der Waals surface area (Å²) in [6.45, 7) is 14.3. The lowest BCUT2D eigenvalue weighted by Crippen LogP contribution is -2.35. The van der Waals surface area contributed by atoms with E-state index in [9.17, 15) is 0 Å². The normalized spacial score (nSPS) is 12.7. The Kier molecular flexibility index (Phi) is 20.8. The van der Waals surface area contributed by atoms with Crippen LogP contribution >= 0.6 is 0 Å². The predicted molar refractivity (Wildman–Crippen MR) is 604 cm³/mol. The fraction of sp³-hybridized carbons (Fsp3) is 0.111. The van der Waals surface area contributed by atoms with E-state index in [0.29, 0.717) is 5.56 Å². The van der Waals surface area contributed by atoms with Gasteiger partial charge in [-0.05, 0) is 229 Å². The number of pyridine rings is 4. The Labute approximate surface area is 849 Å². The molecule has 0 amide bonds. The molecule has 11 nitrogen and oxygen atoms in total. The van der Waals surface area contributed by atoms with Crippen molar-refractivity contribution in [2.75, 3.05) is 0 Å². The van der Waals surface area contributed by atoms with Crippen molar-refractivity contribution in [3.63, 3.8) is 0 Å². The maximum atomic E-state index is 8.57. The van der Waals surface area contributed by atoms with E-state index in [1.807, 2.05) is 97.8 Å². The highest BCUT2D eigenvalue weighted by Gasteiger charge is 2.33. The fourth-order valence-electron chi connectivity index (χ4n) is 23.4. The molecular formula is C135H107N6O5+5. The molecule has 0 saturated carbocycles. The lowest BCUT2D eigenvalue weighted by Gasteiger charge is -2.13. The van der Waals surface area contributed by atoms with Gasteiger partial charge >= 0.3 is 0 Å². The Morgan fingerprint density at radius 1 is 0.260 bits per heavy atom. The molecule has 0 aliphatic carbocycles. The number of benzene rings is 19. The van der Waals surface area contributed by atoms with Crippen LogP contribution < -0.4 is 23.0 Å². The first-order chi connectivity index (χ1) is 72.9. The molecule has 11 heteroatoms. The monoisotopic (exact) mass is 1900 g/mol. The molecule has 29 rings (SSSR count). The van der Waals surface area contributed by atoms with Crippen LogP contribution in [0.4, 0.5) is 0 Å². The van der Waals surface area contributed by atoms with Gasteiger partial charge in [0.05, 0.1) is 39.4 Å². The number of nitrogens with zero attached hydrogens (tertiary/aromatic N) is 6. The number of hydrogen-bond acceptors (Lipinski definition) is 6. The fourth-order valence-corrected chi connectivity index (χ4v) is 23.4. The Morgan fingerprint density at radius 2 is 0.603 bits per heavy atom. The molecular weight excluding hydrogens is 1790 g/mol. The van der Waals surface area contributed by atoms with E-state index in [0.717, 1.165) is 122 Å². The summed E-state index contributed by atoms with van der Waals surface area (Å²) in [6.07, 6.45) is 5.99. The third kappa shape index (κ3) is 14.4. The van der Waals surface area contributed by atoms with E-state index < -0.39 is 12.7 Å². The second kappa shape index (κ2) is 35.7. The van der Waals surface area contributed by atoms with E-state index in [2.05, 4.69) is 390 Å². The minimum atomic E-state index is -2.43. The molecule has 0 aliphatic heterocycles. The first-order valence-electron chi connectivity index (χ1n) is 51.9. The minimum Gasteiger partial charge on any atom is -0.455 e. The Bertz CT molecular complexity index is 10700. The van der Waals surface area contributed by atoms with E-state index >= 15 is 0 Å². The zero-order chi connectivity index (χ0) is 103. The van der Waals surface area contributed by atoms with Gasteiger partial charge in [-0.1, -0.05) is 285 Å². The average Bonchev–Trinajstić information content (AvgIpc) is 1.55. The number of para-hydroxylation sites is 6. The molecule has 702 valence electrons. The summed E-state index contributed by atoms with van der Waals surface area (Å²) in [5.41, 5.74) is 32.0. The number of furan rings is 5. The van der Waals surface area contributed by atoms with Crippen molar-refractivity contribution in [1.82, 2.24) is 5.10 Å². The maximum absolute atomic E-state index is 8.57. The van der Waals surface area contributed by atoms with Gasteiger partial charge in [-0.25, -0.2) is 9.13 Å². The van der Waals surface area contributed by atoms with Crippen molar-refractivity contribution in [3.8, 4) is 56.3 Å². The summed E-state index contributed by atoms with van der Waals surface area (Å²) in [5, 5.41) is 35.3. The van der Waals surface area contributed by atoms with Crippen molar-refractivity contribution >= 4 is 207 Å². The van der Waals surface area contributed by atoms with Gasteiger partial charge < -0.3 is 22.1 Å². The van der Waals surface area contributed by atoms with Crippen LogP contribution in [0.2, 0.25) is 0 Å². The highest BCUT2D eigenvalue weighted by atomic mass is 16.3. The average molecular weight is 1900 g/mol. The largest absolute Gasteiger partial charge is 0.455 e. The highest BCUT2D eigenvalue weighted by Crippen LogP contribution is 2.51. The first-order valence-corrected chi connectivity index (χ1v) is 49.9. The van der Waals surface area contributed by atoms with Crippen LogP contribution in [0.3, 0.4) is 0 Å². The molecule has 19 aromatic carbocycles. The number of hydrogen-bond donors (Lipinski definition) is 0. The smallest absolute Gasteiger partial charge is 0.242 e. The lowest BCUT2D eigenvalue weighted by molar-refractivity contribution is -0.720. The summed E-state index contributed by atoms with van der Waals surface area (Å²) in [7, 11) is 10.4. The molecule has 0 N–H and O–H groups in total. The third-order valence-electron chi connectivity index (χ3n) is 30.6. The van der Waals surface area contributed by atoms with Crippen LogP contribution in [0.15, 0.2) is 411 Å². The molecule has 0 saturated heterocycles. The van der Waals surface area contributed by atoms with Crippen LogP contribution in [0.25, 0.3) is 263 Å². The van der Waals surface area contributed by atoms with E-state index in [1.165, 1.54) is 187 Å². The third-order valence-corrected chi connectivity index (χ3v) is 30.6. The Balaban J connectivity index is 0.0000000974. The van der Waals surface area contributed by atoms with Crippen molar-refractivity contribution in [1.29, 1.82) is 0 Å². The summed E-state index contributed by atoms with van der Waals surface area (Å²) in [6, 6.07) is 129. The summed E-state index contributed by atoms with van der Waals surface area (Å²) in [5.74, 6) is -1.70. The summed E-state index contributed by atoms with van der Waals surface area (Å²) in [4.78, 5) is 0. The number of aryl methyl sites for hydroxylation is 12. The van der Waals surface area contributed by atoms with E-state index in [1.54, 1.807) is 12.3 Å². The van der Waals surface area contributed by atoms with Gasteiger partial charge in [0.2, 0.25) is 39.5 Å². The Hall–Kier alpha value is -17.8. The second-order valence-corrected chi connectivity index (χ2v) is 38.9. The maximum Gasteiger partial charge on any atom is 0.242 e. The topological polar surface area (TPSA) is 98.0 Å². The zero-order valence-electron chi connectivity index (χ0n) is 87.7. The molecule has 0 radical (unpaired) electrons. The second-order valence-electron chi connectivity index (χ2n) is 38.9. The predicted octanol–water partition coefficient (Wildman–Crippen LogP) is 33.4. The van der Waals surface area contributed by atoms with Crippen molar-refractivity contribution in [2.24, 2.45) is 35.2 Å². The van der Waals surface area contributed by atoms with Crippen LogP contribution in [0.1, 0.15) is 69.7 Å². The highest BCUT2D eigenvalue weighted by molar-refractivity contribution is 6.29. The molecule has 29 aromatic rings. The zero-order valence-corrected chi connectivity index (χ0v) is 83.7. The van der Waals surface area contributed by atoms with Crippen molar-refractivity contribution < 1.29 is 50.5 Å². The lowest BCUT2D eigenvalue weighted by atomic mass is 9.91. The van der Waals surface area contributed by atoms with Gasteiger partial charge in [0, 0.05) is 118 Å². The van der Waals surface area contributed by atoms with E-state index in [-0.39, 0.29) is 0 Å². The molecule has 10 aromatic heterocycles. The quantitative estimate of drug-likeness (QED) is 0.154. The minimum absolute atomic E-state index is 0.471. The molecule has 0 spiro atoms. The molecule has 0 fully saturated rings. The van der Waals surface area contributed by atoms with Crippen LogP contribution in [0, 0.1) is 48.5 Å². The molecule has 0 bridgehead atoms. The molecule has 10 heterocycles. The van der Waals surface area contributed by atoms with Gasteiger partial charge in [0.25, 0.3) is 0 Å². The van der Waals surface area contributed by atoms with Gasteiger partial charge in [-0.15, -0.1) is 0 Å². The molecule has 0 aliphatic rings. The van der Waals surface area contributed by atoms with Crippen molar-refractivity contribution in [2.45, 2.75) is 68.1 Å². The van der Waals surface area contributed by atoms with Crippen molar-refractivity contribution in [3.05, 3.63) is 433 Å². The number of aromatic nitrogens is 6. The molecule has 1 unspecified atom stereocenters. The number of fused-ring (bicyclic) bond motifs is 29. The van der Waals surface area contributed by atoms with Gasteiger partial charge in [0.15, 0.2) is 19.4 Å². The molecule has 1 atom stereocenters.